The standard InChI is InChI=1S/C20H23N3O2/c1-3-19(24)21-15(2)20-22-17-11-7-8-12-18(17)23(20)13-14-25-16-9-5-4-6-10-16/h4-12,15H,3,13-14H2,1-2H3,(H,21,24). The molecule has 2 aromatic carbocycles. The number of nitrogens with zero attached hydrogens (tertiary/aromatic N) is 2. The van der Waals surface area contributed by atoms with Gasteiger partial charge in [0.05, 0.1) is 23.6 Å². The predicted octanol–water partition coefficient (Wildman–Crippen LogP) is 3.70. The minimum atomic E-state index is -0.156. The highest BCUT2D eigenvalue weighted by atomic mass is 16.5. The first-order chi connectivity index (χ1) is 12.2. The molecule has 130 valence electrons. The van der Waals surface area contributed by atoms with Crippen molar-refractivity contribution in [1.82, 2.24) is 14.9 Å². The average Bonchev–Trinajstić information content (AvgIpc) is 3.01. The molecule has 1 amide bonds. The van der Waals surface area contributed by atoms with Crippen LogP contribution in [0.15, 0.2) is 54.6 Å². The molecule has 1 N–H and O–H groups in total. The summed E-state index contributed by atoms with van der Waals surface area (Å²) < 4.78 is 7.95. The SMILES string of the molecule is CCC(=O)NC(C)c1nc2ccccc2n1CCOc1ccccc1. The molecule has 0 fully saturated rings. The number of rotatable bonds is 7. The fraction of sp³-hybridized carbons (Fsp3) is 0.300. The van der Waals surface area contributed by atoms with Crippen LogP contribution in [-0.2, 0) is 11.3 Å². The topological polar surface area (TPSA) is 56.2 Å². The molecule has 0 aliphatic heterocycles. The van der Waals surface area contributed by atoms with Crippen LogP contribution in [0.25, 0.3) is 11.0 Å². The van der Waals surface area contributed by atoms with Gasteiger partial charge >= 0.3 is 0 Å². The Morgan fingerprint density at radius 3 is 2.64 bits per heavy atom. The number of benzene rings is 2. The second kappa shape index (κ2) is 7.83. The van der Waals surface area contributed by atoms with Gasteiger partial charge in [-0.2, -0.15) is 0 Å². The highest BCUT2D eigenvalue weighted by Gasteiger charge is 2.17. The van der Waals surface area contributed by atoms with Crippen molar-refractivity contribution in [3.8, 4) is 5.75 Å². The molecule has 0 saturated heterocycles. The smallest absolute Gasteiger partial charge is 0.220 e. The molecular weight excluding hydrogens is 314 g/mol. The highest BCUT2D eigenvalue weighted by molar-refractivity contribution is 5.77. The van der Waals surface area contributed by atoms with Gasteiger partial charge in [-0.1, -0.05) is 37.3 Å². The summed E-state index contributed by atoms with van der Waals surface area (Å²) in [6.45, 7) is 5.00. The Labute approximate surface area is 147 Å². The van der Waals surface area contributed by atoms with E-state index in [9.17, 15) is 4.79 Å². The van der Waals surface area contributed by atoms with Crippen LogP contribution in [-0.4, -0.2) is 22.1 Å². The van der Waals surface area contributed by atoms with Crippen LogP contribution in [0.3, 0.4) is 0 Å². The first kappa shape index (κ1) is 17.0. The van der Waals surface area contributed by atoms with Crippen molar-refractivity contribution in [3.63, 3.8) is 0 Å². The Bertz CT molecular complexity index is 843. The molecular formula is C20H23N3O2. The molecule has 5 nitrogen and oxygen atoms in total. The number of fused-ring (bicyclic) bond motifs is 1. The third kappa shape index (κ3) is 3.99. The Balaban J connectivity index is 1.81. The van der Waals surface area contributed by atoms with Crippen molar-refractivity contribution in [3.05, 3.63) is 60.4 Å². The van der Waals surface area contributed by atoms with Gasteiger partial charge in [-0.15, -0.1) is 0 Å². The highest BCUT2D eigenvalue weighted by Crippen LogP contribution is 2.21. The van der Waals surface area contributed by atoms with E-state index < -0.39 is 0 Å². The molecule has 0 radical (unpaired) electrons. The first-order valence-corrected chi connectivity index (χ1v) is 8.61. The molecule has 0 aliphatic rings. The molecule has 1 heterocycles. The van der Waals surface area contributed by atoms with Crippen LogP contribution >= 0.6 is 0 Å². The van der Waals surface area contributed by atoms with Crippen molar-refractivity contribution in [2.45, 2.75) is 32.9 Å². The van der Waals surface area contributed by atoms with E-state index in [2.05, 4.69) is 9.88 Å². The van der Waals surface area contributed by atoms with E-state index >= 15 is 0 Å². The Morgan fingerprint density at radius 2 is 1.88 bits per heavy atom. The maximum absolute atomic E-state index is 11.7. The summed E-state index contributed by atoms with van der Waals surface area (Å²) in [6, 6.07) is 17.6. The molecule has 1 atom stereocenters. The summed E-state index contributed by atoms with van der Waals surface area (Å²) in [7, 11) is 0. The van der Waals surface area contributed by atoms with Gasteiger partial charge in [-0.25, -0.2) is 4.98 Å². The molecule has 0 spiro atoms. The Morgan fingerprint density at radius 1 is 1.16 bits per heavy atom. The number of aromatic nitrogens is 2. The van der Waals surface area contributed by atoms with Gasteiger partial charge in [0.25, 0.3) is 0 Å². The quantitative estimate of drug-likeness (QED) is 0.715. The summed E-state index contributed by atoms with van der Waals surface area (Å²) in [5.74, 6) is 1.71. The monoisotopic (exact) mass is 337 g/mol. The Hall–Kier alpha value is -2.82. The lowest BCUT2D eigenvalue weighted by Crippen LogP contribution is -2.28. The van der Waals surface area contributed by atoms with Crippen LogP contribution in [0.5, 0.6) is 5.75 Å². The van der Waals surface area contributed by atoms with Crippen LogP contribution in [0.2, 0.25) is 0 Å². The molecule has 3 aromatic rings. The van der Waals surface area contributed by atoms with Crippen molar-refractivity contribution in [1.29, 1.82) is 0 Å². The molecule has 0 bridgehead atoms. The number of carbonyl (C=O) groups excluding carboxylic acids is 1. The largest absolute Gasteiger partial charge is 0.492 e. The molecule has 5 heteroatoms. The summed E-state index contributed by atoms with van der Waals surface area (Å²) in [6.07, 6.45) is 0.460. The fourth-order valence-electron chi connectivity index (χ4n) is 2.84. The van der Waals surface area contributed by atoms with Crippen LogP contribution in [0, 0.1) is 0 Å². The lowest BCUT2D eigenvalue weighted by atomic mass is 10.3. The second-order valence-corrected chi connectivity index (χ2v) is 5.91. The number of imidazole rings is 1. The van der Waals surface area contributed by atoms with Gasteiger partial charge in [0, 0.05) is 6.42 Å². The number of carbonyl (C=O) groups is 1. The van der Waals surface area contributed by atoms with Crippen molar-refractivity contribution < 1.29 is 9.53 Å². The van der Waals surface area contributed by atoms with E-state index in [1.165, 1.54) is 0 Å². The Kier molecular flexibility index (Phi) is 5.33. The minimum absolute atomic E-state index is 0.0200. The minimum Gasteiger partial charge on any atom is -0.492 e. The van der Waals surface area contributed by atoms with Crippen LogP contribution in [0.1, 0.15) is 32.1 Å². The number of nitrogens with one attached hydrogen (secondary N) is 1. The zero-order valence-electron chi connectivity index (χ0n) is 14.6. The van der Waals surface area contributed by atoms with Gasteiger partial charge in [0.1, 0.15) is 18.2 Å². The second-order valence-electron chi connectivity index (χ2n) is 5.91. The number of hydrogen-bond donors (Lipinski definition) is 1. The molecule has 0 aliphatic carbocycles. The zero-order chi connectivity index (χ0) is 17.6. The summed E-state index contributed by atoms with van der Waals surface area (Å²) >= 11 is 0. The maximum Gasteiger partial charge on any atom is 0.220 e. The van der Waals surface area contributed by atoms with Crippen LogP contribution < -0.4 is 10.1 Å². The predicted molar refractivity (Wildman–Crippen MR) is 98.5 cm³/mol. The third-order valence-corrected chi connectivity index (χ3v) is 4.10. The van der Waals surface area contributed by atoms with Crippen molar-refractivity contribution in [2.75, 3.05) is 6.61 Å². The molecule has 25 heavy (non-hydrogen) atoms. The number of amides is 1. The van der Waals surface area contributed by atoms with E-state index in [1.807, 2.05) is 68.4 Å². The van der Waals surface area contributed by atoms with Gasteiger partial charge in [-0.3, -0.25) is 4.79 Å². The number of ether oxygens (including phenoxy) is 1. The first-order valence-electron chi connectivity index (χ1n) is 8.61. The van der Waals surface area contributed by atoms with Crippen molar-refractivity contribution >= 4 is 16.9 Å². The molecule has 1 aromatic heterocycles. The number of hydrogen-bond acceptors (Lipinski definition) is 3. The third-order valence-electron chi connectivity index (χ3n) is 4.10. The van der Waals surface area contributed by atoms with E-state index in [0.717, 1.165) is 22.6 Å². The summed E-state index contributed by atoms with van der Waals surface area (Å²) in [5.41, 5.74) is 1.97. The van der Waals surface area contributed by atoms with E-state index in [0.29, 0.717) is 19.6 Å². The van der Waals surface area contributed by atoms with E-state index in [4.69, 9.17) is 9.72 Å². The fourth-order valence-corrected chi connectivity index (χ4v) is 2.84. The number of para-hydroxylation sites is 3. The van der Waals surface area contributed by atoms with E-state index in [1.54, 1.807) is 0 Å². The lowest BCUT2D eigenvalue weighted by molar-refractivity contribution is -0.121. The zero-order valence-corrected chi connectivity index (χ0v) is 14.6. The van der Waals surface area contributed by atoms with Gasteiger partial charge in [0.2, 0.25) is 5.91 Å². The summed E-state index contributed by atoms with van der Waals surface area (Å²) in [5, 5.41) is 2.99. The van der Waals surface area contributed by atoms with Gasteiger partial charge in [0.15, 0.2) is 0 Å². The van der Waals surface area contributed by atoms with Crippen LogP contribution in [0.4, 0.5) is 0 Å². The van der Waals surface area contributed by atoms with Crippen molar-refractivity contribution in [2.24, 2.45) is 0 Å². The summed E-state index contributed by atoms with van der Waals surface area (Å²) in [4.78, 5) is 16.5. The molecule has 1 unspecified atom stereocenters. The lowest BCUT2D eigenvalue weighted by Gasteiger charge is -2.16. The maximum atomic E-state index is 11.7. The molecule has 3 rings (SSSR count). The molecule has 0 saturated carbocycles. The van der Waals surface area contributed by atoms with E-state index in [-0.39, 0.29) is 11.9 Å². The van der Waals surface area contributed by atoms with Gasteiger partial charge in [-0.05, 0) is 31.2 Å². The van der Waals surface area contributed by atoms with Gasteiger partial charge < -0.3 is 14.6 Å². The normalized spacial score (nSPS) is 12.1. The average molecular weight is 337 g/mol.